The Morgan fingerprint density at radius 2 is 1.94 bits per heavy atom. The molecule has 1 nitrogen and oxygen atoms in total. The number of rotatable bonds is 5. The highest BCUT2D eigenvalue weighted by molar-refractivity contribution is 5.29. The number of nitrogens with one attached hydrogen (secondary N) is 1. The highest BCUT2D eigenvalue weighted by atomic mass is 19.1. The Labute approximate surface area is 102 Å². The lowest BCUT2D eigenvalue weighted by atomic mass is 9.89. The third kappa shape index (κ3) is 3.03. The molecule has 0 heterocycles. The van der Waals surface area contributed by atoms with Gasteiger partial charge in [-0.3, -0.25) is 0 Å². The summed E-state index contributed by atoms with van der Waals surface area (Å²) in [7, 11) is 1.75. The zero-order chi connectivity index (χ0) is 13.0. The summed E-state index contributed by atoms with van der Waals surface area (Å²) in [5.41, 5.74) is 0.666. The SMILES string of the molecule is CCCC(C)C(NC)c1c(F)ccc(C)c1F. The predicted octanol–water partition coefficient (Wildman–Crippen LogP) is 3.97. The number of aryl methyl sites for hydroxylation is 1. The fourth-order valence-corrected chi connectivity index (χ4v) is 2.30. The second-order valence-electron chi connectivity index (χ2n) is 4.62. The molecule has 3 heteroatoms. The molecular weight excluding hydrogens is 220 g/mol. The topological polar surface area (TPSA) is 12.0 Å². The van der Waals surface area contributed by atoms with Gasteiger partial charge in [0.15, 0.2) is 0 Å². The van der Waals surface area contributed by atoms with Crippen molar-refractivity contribution in [2.45, 2.75) is 39.7 Å². The predicted molar refractivity (Wildman–Crippen MR) is 67.0 cm³/mol. The Morgan fingerprint density at radius 1 is 1.29 bits per heavy atom. The fraction of sp³-hybridized carbons (Fsp3) is 0.571. The minimum Gasteiger partial charge on any atom is -0.313 e. The first-order valence-corrected chi connectivity index (χ1v) is 6.14. The van der Waals surface area contributed by atoms with Crippen molar-refractivity contribution in [2.75, 3.05) is 7.05 Å². The summed E-state index contributed by atoms with van der Waals surface area (Å²) in [6.07, 6.45) is 1.95. The minimum atomic E-state index is -0.463. The summed E-state index contributed by atoms with van der Waals surface area (Å²) >= 11 is 0. The highest BCUT2D eigenvalue weighted by Crippen LogP contribution is 2.30. The summed E-state index contributed by atoms with van der Waals surface area (Å²) in [6, 6.07) is 2.55. The van der Waals surface area contributed by atoms with E-state index in [1.54, 1.807) is 14.0 Å². The van der Waals surface area contributed by atoms with Crippen molar-refractivity contribution in [2.24, 2.45) is 5.92 Å². The average Bonchev–Trinajstić information content (AvgIpc) is 2.30. The molecule has 0 aliphatic heterocycles. The third-order valence-corrected chi connectivity index (χ3v) is 3.25. The van der Waals surface area contributed by atoms with Gasteiger partial charge in [0.05, 0.1) is 0 Å². The molecule has 96 valence electrons. The lowest BCUT2D eigenvalue weighted by molar-refractivity contribution is 0.359. The molecule has 1 aromatic carbocycles. The smallest absolute Gasteiger partial charge is 0.133 e. The molecule has 17 heavy (non-hydrogen) atoms. The molecule has 1 N–H and O–H groups in total. The normalized spacial score (nSPS) is 14.7. The molecule has 0 amide bonds. The van der Waals surface area contributed by atoms with Crippen LogP contribution in [0.3, 0.4) is 0 Å². The number of hydrogen-bond donors (Lipinski definition) is 1. The Kier molecular flexibility index (Phi) is 5.06. The molecule has 0 aliphatic carbocycles. The standard InChI is InChI=1S/C14H21F2N/c1-5-6-10(3)14(17-4)12-11(15)8-7-9(2)13(12)16/h7-8,10,14,17H,5-6H2,1-4H3. The van der Waals surface area contributed by atoms with E-state index in [2.05, 4.69) is 12.2 Å². The first kappa shape index (κ1) is 14.1. The van der Waals surface area contributed by atoms with Gasteiger partial charge >= 0.3 is 0 Å². The van der Waals surface area contributed by atoms with Crippen LogP contribution in [0.15, 0.2) is 12.1 Å². The third-order valence-electron chi connectivity index (χ3n) is 3.25. The molecular formula is C14H21F2N. The molecule has 1 aromatic rings. The summed E-state index contributed by atoms with van der Waals surface area (Å²) in [6.45, 7) is 5.76. The second-order valence-corrected chi connectivity index (χ2v) is 4.62. The van der Waals surface area contributed by atoms with Gasteiger partial charge in [0.2, 0.25) is 0 Å². The lowest BCUT2D eigenvalue weighted by Crippen LogP contribution is -2.26. The van der Waals surface area contributed by atoms with Gasteiger partial charge in [-0.1, -0.05) is 26.3 Å². The van der Waals surface area contributed by atoms with Crippen molar-refractivity contribution in [3.05, 3.63) is 34.9 Å². The van der Waals surface area contributed by atoms with Crippen LogP contribution in [0.25, 0.3) is 0 Å². The molecule has 0 spiro atoms. The maximum Gasteiger partial charge on any atom is 0.133 e. The van der Waals surface area contributed by atoms with Crippen LogP contribution in [0.4, 0.5) is 8.78 Å². The van der Waals surface area contributed by atoms with E-state index in [1.807, 2.05) is 6.92 Å². The van der Waals surface area contributed by atoms with Crippen LogP contribution >= 0.6 is 0 Å². The molecule has 0 fully saturated rings. The molecule has 0 aromatic heterocycles. The van der Waals surface area contributed by atoms with E-state index < -0.39 is 11.6 Å². The zero-order valence-electron chi connectivity index (χ0n) is 11.0. The number of benzene rings is 1. The average molecular weight is 241 g/mol. The van der Waals surface area contributed by atoms with Crippen molar-refractivity contribution >= 4 is 0 Å². The number of halogens is 2. The van der Waals surface area contributed by atoms with E-state index >= 15 is 0 Å². The van der Waals surface area contributed by atoms with Gasteiger partial charge in [-0.05, 0) is 37.9 Å². The first-order chi connectivity index (χ1) is 8.02. The van der Waals surface area contributed by atoms with E-state index in [0.717, 1.165) is 12.8 Å². The van der Waals surface area contributed by atoms with Crippen molar-refractivity contribution in [1.29, 1.82) is 0 Å². The quantitative estimate of drug-likeness (QED) is 0.822. The lowest BCUT2D eigenvalue weighted by Gasteiger charge is -2.25. The van der Waals surface area contributed by atoms with Crippen molar-refractivity contribution in [3.63, 3.8) is 0 Å². The van der Waals surface area contributed by atoms with Gasteiger partial charge in [-0.2, -0.15) is 0 Å². The maximum absolute atomic E-state index is 14.0. The Hall–Kier alpha value is -0.960. The van der Waals surface area contributed by atoms with Crippen LogP contribution in [0.1, 0.15) is 43.9 Å². The van der Waals surface area contributed by atoms with Gasteiger partial charge in [0.25, 0.3) is 0 Å². The van der Waals surface area contributed by atoms with Gasteiger partial charge in [-0.15, -0.1) is 0 Å². The fourth-order valence-electron chi connectivity index (χ4n) is 2.30. The van der Waals surface area contributed by atoms with Crippen LogP contribution in [0, 0.1) is 24.5 Å². The largest absolute Gasteiger partial charge is 0.313 e. The Bertz CT molecular complexity index is 377. The number of hydrogen-bond acceptors (Lipinski definition) is 1. The maximum atomic E-state index is 14.0. The van der Waals surface area contributed by atoms with Crippen LogP contribution in [0.5, 0.6) is 0 Å². The molecule has 2 atom stereocenters. The second kappa shape index (κ2) is 6.10. The van der Waals surface area contributed by atoms with Crippen molar-refractivity contribution in [3.8, 4) is 0 Å². The van der Waals surface area contributed by atoms with Gasteiger partial charge in [0.1, 0.15) is 11.6 Å². The summed E-state index contributed by atoms with van der Waals surface area (Å²) in [4.78, 5) is 0. The molecule has 2 unspecified atom stereocenters. The minimum absolute atomic E-state index is 0.174. The van der Waals surface area contributed by atoms with E-state index in [0.29, 0.717) is 5.56 Å². The van der Waals surface area contributed by atoms with Crippen molar-refractivity contribution in [1.82, 2.24) is 5.32 Å². The van der Waals surface area contributed by atoms with Crippen LogP contribution in [-0.4, -0.2) is 7.05 Å². The van der Waals surface area contributed by atoms with Gasteiger partial charge < -0.3 is 5.32 Å². The Balaban J connectivity index is 3.15. The zero-order valence-corrected chi connectivity index (χ0v) is 11.0. The van der Waals surface area contributed by atoms with Gasteiger partial charge in [0, 0.05) is 11.6 Å². The van der Waals surface area contributed by atoms with Crippen LogP contribution < -0.4 is 5.32 Å². The van der Waals surface area contributed by atoms with E-state index in [-0.39, 0.29) is 17.5 Å². The van der Waals surface area contributed by atoms with Crippen molar-refractivity contribution < 1.29 is 8.78 Å². The Morgan fingerprint density at radius 3 is 2.47 bits per heavy atom. The van der Waals surface area contributed by atoms with Gasteiger partial charge in [-0.25, -0.2) is 8.78 Å². The summed E-state index contributed by atoms with van der Waals surface area (Å²) in [5.74, 6) is -0.682. The molecule has 1 rings (SSSR count). The van der Waals surface area contributed by atoms with E-state index in [4.69, 9.17) is 0 Å². The molecule has 0 aliphatic rings. The highest BCUT2D eigenvalue weighted by Gasteiger charge is 2.24. The van der Waals surface area contributed by atoms with Crippen LogP contribution in [-0.2, 0) is 0 Å². The molecule has 0 saturated carbocycles. The molecule has 0 bridgehead atoms. The molecule has 0 radical (unpaired) electrons. The van der Waals surface area contributed by atoms with E-state index in [9.17, 15) is 8.78 Å². The first-order valence-electron chi connectivity index (χ1n) is 6.14. The summed E-state index contributed by atoms with van der Waals surface area (Å²) in [5, 5.41) is 3.03. The van der Waals surface area contributed by atoms with E-state index in [1.165, 1.54) is 12.1 Å². The molecule has 0 saturated heterocycles. The van der Waals surface area contributed by atoms with Crippen LogP contribution in [0.2, 0.25) is 0 Å². The monoisotopic (exact) mass is 241 g/mol. The summed E-state index contributed by atoms with van der Waals surface area (Å²) < 4.78 is 27.8.